The molecule has 3 unspecified atom stereocenters. The molecular formula is C38H65N5O10. The van der Waals surface area contributed by atoms with E-state index in [9.17, 15) is 19.5 Å². The maximum atomic E-state index is 14.3. The highest BCUT2D eigenvalue weighted by atomic mass is 16.7. The lowest BCUT2D eigenvalue weighted by atomic mass is 9.77. The first-order chi connectivity index (χ1) is 24.7. The predicted molar refractivity (Wildman–Crippen MR) is 197 cm³/mol. The van der Waals surface area contributed by atoms with Crippen LogP contribution in [-0.4, -0.2) is 121 Å². The molecule has 3 aliphatic rings. The van der Waals surface area contributed by atoms with Crippen molar-refractivity contribution in [3.63, 3.8) is 0 Å². The van der Waals surface area contributed by atoms with Crippen LogP contribution in [0.15, 0.2) is 16.4 Å². The van der Waals surface area contributed by atoms with Crippen LogP contribution >= 0.6 is 0 Å². The zero-order valence-corrected chi connectivity index (χ0v) is 34.2. The van der Waals surface area contributed by atoms with Crippen molar-refractivity contribution in [1.29, 1.82) is 0 Å². The molecule has 15 nitrogen and oxygen atoms in total. The first-order valence-electron chi connectivity index (χ1n) is 19.0. The second kappa shape index (κ2) is 18.1. The van der Waals surface area contributed by atoms with Gasteiger partial charge in [-0.3, -0.25) is 4.79 Å². The number of rotatable bonds is 19. The van der Waals surface area contributed by atoms with Crippen LogP contribution in [0, 0.1) is 17.8 Å². The molecule has 3 aliphatic heterocycles. The van der Waals surface area contributed by atoms with Crippen molar-refractivity contribution in [2.24, 2.45) is 22.9 Å². The summed E-state index contributed by atoms with van der Waals surface area (Å²) < 4.78 is 37.3. The lowest BCUT2D eigenvalue weighted by molar-refractivity contribution is -0.284. The van der Waals surface area contributed by atoms with E-state index < -0.39 is 65.4 Å². The number of azide groups is 1. The maximum absolute atomic E-state index is 14.3. The Hall–Kier alpha value is -2.94. The third-order valence-electron chi connectivity index (χ3n) is 11.5. The summed E-state index contributed by atoms with van der Waals surface area (Å²) in [5.74, 6) is -2.57. The summed E-state index contributed by atoms with van der Waals surface area (Å²) in [6.45, 7) is 18.8. The van der Waals surface area contributed by atoms with Gasteiger partial charge < -0.3 is 43.3 Å². The summed E-state index contributed by atoms with van der Waals surface area (Å²) in [7, 11) is 5.66. The molecule has 0 aromatic carbocycles. The predicted octanol–water partition coefficient (Wildman–Crippen LogP) is 6.12. The molecule has 1 N–H and O–H groups in total. The topological polar surface area (TPSA) is 182 Å². The Kier molecular flexibility index (Phi) is 15.2. The summed E-state index contributed by atoms with van der Waals surface area (Å²) >= 11 is 0. The van der Waals surface area contributed by atoms with Gasteiger partial charge in [-0.1, -0.05) is 32.8 Å². The minimum Gasteiger partial charge on any atom is -0.456 e. The molecule has 11 atom stereocenters. The Morgan fingerprint density at radius 1 is 1.17 bits per heavy atom. The standard InChI is InChI=1S/C38H65N5O10/c1-14-30(45)38(10)29(43(35(47)53-38)18-16-15-17-40-41-39)20-28(44)22(2)21-37(9,48-13)32(25(5)31-26(6)33(46)52-36(7,8)51-31)50-34-24(4)27(42(11)12)19-23(3)49-34/h22-25,27,29-30,32,34,45H,14-21H2,1-13H3/t22-,23?,24?,25+,27?,29-,30-,32-,34+,37-,38+/m1/s1. The van der Waals surface area contributed by atoms with Gasteiger partial charge in [-0.25, -0.2) is 9.59 Å². The minimum absolute atomic E-state index is 0.0277. The Morgan fingerprint density at radius 3 is 2.42 bits per heavy atom. The molecule has 15 heteroatoms. The Labute approximate surface area is 315 Å². The van der Waals surface area contributed by atoms with Crippen LogP contribution in [0.2, 0.25) is 0 Å². The summed E-state index contributed by atoms with van der Waals surface area (Å²) in [5, 5.41) is 14.6. The van der Waals surface area contributed by atoms with Crippen molar-refractivity contribution in [2.75, 3.05) is 34.3 Å². The number of carbonyl (C=O) groups excluding carboxylic acids is 3. The molecule has 3 rings (SSSR count). The fourth-order valence-corrected chi connectivity index (χ4v) is 8.20. The number of aliphatic hydroxyl groups is 1. The average molecular weight is 752 g/mol. The summed E-state index contributed by atoms with van der Waals surface area (Å²) in [6.07, 6.45) is -0.671. The van der Waals surface area contributed by atoms with Gasteiger partial charge >= 0.3 is 12.1 Å². The van der Waals surface area contributed by atoms with E-state index in [1.807, 2.05) is 41.8 Å². The van der Waals surface area contributed by atoms with Gasteiger partial charge in [0.05, 0.1) is 35.5 Å². The highest BCUT2D eigenvalue weighted by molar-refractivity contribution is 5.89. The highest BCUT2D eigenvalue weighted by Crippen LogP contribution is 2.43. The van der Waals surface area contributed by atoms with Crippen LogP contribution in [0.4, 0.5) is 4.79 Å². The molecule has 0 saturated carbocycles. The maximum Gasteiger partial charge on any atom is 0.410 e. The van der Waals surface area contributed by atoms with Crippen LogP contribution in [0.3, 0.4) is 0 Å². The van der Waals surface area contributed by atoms with Crippen LogP contribution in [0.1, 0.15) is 108 Å². The molecule has 0 bridgehead atoms. The third kappa shape index (κ3) is 10.2. The van der Waals surface area contributed by atoms with Gasteiger partial charge in [0.25, 0.3) is 0 Å². The number of unbranched alkanes of at least 4 members (excludes halogenated alkanes) is 1. The van der Waals surface area contributed by atoms with E-state index >= 15 is 0 Å². The van der Waals surface area contributed by atoms with Crippen LogP contribution in [0.25, 0.3) is 10.4 Å². The number of carbonyl (C=O) groups is 3. The van der Waals surface area contributed by atoms with Gasteiger partial charge in [-0.2, -0.15) is 0 Å². The first kappa shape index (κ1) is 44.5. The summed E-state index contributed by atoms with van der Waals surface area (Å²) in [4.78, 5) is 46.9. The van der Waals surface area contributed by atoms with Crippen molar-refractivity contribution >= 4 is 17.8 Å². The van der Waals surface area contributed by atoms with Gasteiger partial charge in [0.2, 0.25) is 5.79 Å². The molecule has 53 heavy (non-hydrogen) atoms. The third-order valence-corrected chi connectivity index (χ3v) is 11.5. The van der Waals surface area contributed by atoms with E-state index in [2.05, 4.69) is 21.8 Å². The largest absolute Gasteiger partial charge is 0.456 e. The quantitative estimate of drug-likeness (QED) is 0.0528. The van der Waals surface area contributed by atoms with Crippen molar-refractivity contribution < 1.29 is 47.9 Å². The summed E-state index contributed by atoms with van der Waals surface area (Å²) in [5.41, 5.74) is 6.54. The second-order valence-corrected chi connectivity index (χ2v) is 16.3. The number of hydrogen-bond acceptors (Lipinski definition) is 12. The first-order valence-corrected chi connectivity index (χ1v) is 19.0. The molecule has 0 aromatic heterocycles. The zero-order chi connectivity index (χ0) is 40.1. The van der Waals surface area contributed by atoms with E-state index in [0.29, 0.717) is 30.6 Å². The number of Topliss-reactive ketones (excluding diaryl/α,β-unsaturated/α-hetero) is 1. The molecule has 0 radical (unpaired) electrons. The van der Waals surface area contributed by atoms with Gasteiger partial charge in [0, 0.05) is 69.2 Å². The number of esters is 1. The average Bonchev–Trinajstić information content (AvgIpc) is 3.33. The Balaban J connectivity index is 1.98. The zero-order valence-electron chi connectivity index (χ0n) is 34.2. The number of aliphatic hydroxyl groups excluding tert-OH is 1. The smallest absolute Gasteiger partial charge is 0.410 e. The number of methoxy groups -OCH3 is 1. The molecule has 0 aliphatic carbocycles. The van der Waals surface area contributed by atoms with Crippen molar-refractivity contribution in [3.05, 3.63) is 21.8 Å². The lowest BCUT2D eigenvalue weighted by Crippen LogP contribution is -2.56. The van der Waals surface area contributed by atoms with Crippen LogP contribution in [0.5, 0.6) is 0 Å². The fraction of sp³-hybridized carbons (Fsp3) is 0.868. The molecular weight excluding hydrogens is 686 g/mol. The number of nitrogens with zero attached hydrogens (tertiary/aromatic N) is 5. The van der Waals surface area contributed by atoms with Gasteiger partial charge in [0.15, 0.2) is 11.9 Å². The molecule has 0 spiro atoms. The van der Waals surface area contributed by atoms with E-state index in [-0.39, 0.29) is 49.8 Å². The molecule has 3 heterocycles. The normalized spacial score (nSPS) is 30.8. The highest BCUT2D eigenvalue weighted by Gasteiger charge is 2.55. The number of ketones is 1. The molecule has 2 fully saturated rings. The van der Waals surface area contributed by atoms with Crippen molar-refractivity contribution in [1.82, 2.24) is 9.80 Å². The van der Waals surface area contributed by atoms with Gasteiger partial charge in [-0.15, -0.1) is 0 Å². The van der Waals surface area contributed by atoms with E-state index in [0.717, 1.165) is 6.42 Å². The monoisotopic (exact) mass is 751 g/mol. The molecule has 2 saturated heterocycles. The minimum atomic E-state index is -1.31. The van der Waals surface area contributed by atoms with Crippen LogP contribution < -0.4 is 0 Å². The molecule has 1 amide bonds. The van der Waals surface area contributed by atoms with E-state index in [4.69, 9.17) is 34.0 Å². The second-order valence-electron chi connectivity index (χ2n) is 16.3. The number of ether oxygens (including phenoxy) is 6. The number of amides is 1. The van der Waals surface area contributed by atoms with E-state index in [1.54, 1.807) is 41.7 Å². The number of hydrogen-bond donors (Lipinski definition) is 1. The van der Waals surface area contributed by atoms with Gasteiger partial charge in [-0.05, 0) is 79.4 Å². The fourth-order valence-electron chi connectivity index (χ4n) is 8.20. The number of cyclic esters (lactones) is 2. The Morgan fingerprint density at radius 2 is 1.83 bits per heavy atom. The van der Waals surface area contributed by atoms with Crippen molar-refractivity contribution in [2.45, 2.75) is 161 Å². The molecule has 0 aromatic rings. The van der Waals surface area contributed by atoms with Gasteiger partial charge in [0.1, 0.15) is 11.5 Å². The van der Waals surface area contributed by atoms with Crippen molar-refractivity contribution in [3.8, 4) is 0 Å². The van der Waals surface area contributed by atoms with Crippen LogP contribution in [-0.2, 0) is 38.0 Å². The summed E-state index contributed by atoms with van der Waals surface area (Å²) in [6, 6.07) is -0.544. The SMILES string of the molecule is CC[C@@H](O)[C@@]1(C)OC(=O)N(CCCCN=[N+]=[N-])[C@@H]1CC(=O)[C@H](C)C[C@@](C)(OC)[C@H](O[C@@H]1OC(C)CC(N(C)C)C1C)[C@@H](C)C1=C(C)C(=O)OC(C)(C)O1. The molecule has 302 valence electrons. The van der Waals surface area contributed by atoms with E-state index in [1.165, 1.54) is 4.90 Å². The Bertz CT molecular complexity index is 1380. The lowest BCUT2D eigenvalue weighted by Gasteiger charge is -2.48.